The molecule has 0 saturated carbocycles. The monoisotopic (exact) mass is 274 g/mol. The third-order valence-corrected chi connectivity index (χ3v) is 4.08. The maximum absolute atomic E-state index is 11.7. The highest BCUT2D eigenvalue weighted by Gasteiger charge is 2.12. The highest BCUT2D eigenvalue weighted by Crippen LogP contribution is 2.26. The van der Waals surface area contributed by atoms with Crippen molar-refractivity contribution in [3.8, 4) is 0 Å². The largest absolute Gasteiger partial charge is 0.349 e. The van der Waals surface area contributed by atoms with Crippen molar-refractivity contribution in [1.29, 1.82) is 0 Å². The third-order valence-electron chi connectivity index (χ3n) is 2.66. The smallest absolute Gasteiger partial charge is 0.220 e. The van der Waals surface area contributed by atoms with E-state index in [-0.39, 0.29) is 11.9 Å². The van der Waals surface area contributed by atoms with Gasteiger partial charge in [0.05, 0.1) is 10.4 Å². The molecule has 2 unspecified atom stereocenters. The number of amides is 1. The predicted octanol–water partition coefficient (Wildman–Crippen LogP) is 2.95. The van der Waals surface area contributed by atoms with Crippen molar-refractivity contribution in [3.63, 3.8) is 0 Å². The van der Waals surface area contributed by atoms with E-state index in [2.05, 4.69) is 12.2 Å². The first-order chi connectivity index (χ1) is 8.02. The zero-order chi connectivity index (χ0) is 12.8. The van der Waals surface area contributed by atoms with Gasteiger partial charge in [0.25, 0.3) is 0 Å². The van der Waals surface area contributed by atoms with Gasteiger partial charge >= 0.3 is 0 Å². The summed E-state index contributed by atoms with van der Waals surface area (Å²) in [6.45, 7) is 4.64. The second-order valence-electron chi connectivity index (χ2n) is 4.31. The van der Waals surface area contributed by atoms with Crippen LogP contribution in [-0.4, -0.2) is 12.5 Å². The number of rotatable bonds is 6. The van der Waals surface area contributed by atoms with Crippen LogP contribution in [0.5, 0.6) is 0 Å². The Morgan fingerprint density at radius 1 is 1.53 bits per heavy atom. The molecule has 2 atom stereocenters. The lowest BCUT2D eigenvalue weighted by Crippen LogP contribution is -2.26. The Morgan fingerprint density at radius 3 is 2.76 bits per heavy atom. The Balaban J connectivity index is 2.36. The number of carbonyl (C=O) groups excluding carboxylic acids is 1. The molecule has 1 heterocycles. The van der Waals surface area contributed by atoms with Gasteiger partial charge in [-0.2, -0.15) is 0 Å². The molecule has 0 radical (unpaired) electrons. The summed E-state index contributed by atoms with van der Waals surface area (Å²) >= 11 is 7.35. The number of hydrogen-bond donors (Lipinski definition) is 2. The summed E-state index contributed by atoms with van der Waals surface area (Å²) in [7, 11) is 0. The van der Waals surface area contributed by atoms with Gasteiger partial charge in [0.15, 0.2) is 0 Å². The molecule has 1 amide bonds. The van der Waals surface area contributed by atoms with E-state index in [0.29, 0.717) is 18.9 Å². The van der Waals surface area contributed by atoms with E-state index in [0.717, 1.165) is 15.6 Å². The molecule has 0 spiro atoms. The molecule has 1 aromatic heterocycles. The average Bonchev–Trinajstić information content (AvgIpc) is 2.72. The summed E-state index contributed by atoms with van der Waals surface area (Å²) in [5, 5.41) is 2.96. The van der Waals surface area contributed by atoms with Gasteiger partial charge < -0.3 is 11.1 Å². The quantitative estimate of drug-likeness (QED) is 0.838. The molecule has 96 valence electrons. The maximum Gasteiger partial charge on any atom is 0.220 e. The first kappa shape index (κ1) is 14.5. The highest BCUT2D eigenvalue weighted by molar-refractivity contribution is 7.16. The summed E-state index contributed by atoms with van der Waals surface area (Å²) in [5.74, 6) is 0.467. The zero-order valence-electron chi connectivity index (χ0n) is 10.2. The summed E-state index contributed by atoms with van der Waals surface area (Å²) in [6, 6.07) is 3.81. The van der Waals surface area contributed by atoms with Crippen LogP contribution < -0.4 is 11.1 Å². The first-order valence-corrected chi connectivity index (χ1v) is 6.97. The number of halogens is 1. The Bertz CT molecular complexity index is 367. The minimum absolute atomic E-state index is 0.0215. The zero-order valence-corrected chi connectivity index (χ0v) is 11.8. The maximum atomic E-state index is 11.7. The van der Waals surface area contributed by atoms with E-state index in [9.17, 15) is 4.79 Å². The molecule has 3 N–H and O–H groups in total. The number of nitrogens with two attached hydrogens (primary N) is 1. The summed E-state index contributed by atoms with van der Waals surface area (Å²) in [4.78, 5) is 12.8. The number of thiophene rings is 1. The topological polar surface area (TPSA) is 55.1 Å². The number of hydrogen-bond acceptors (Lipinski definition) is 3. The fraction of sp³-hybridized carbons (Fsp3) is 0.583. The summed E-state index contributed by atoms with van der Waals surface area (Å²) < 4.78 is 0.748. The van der Waals surface area contributed by atoms with Gasteiger partial charge in [-0.25, -0.2) is 0 Å². The fourth-order valence-corrected chi connectivity index (χ4v) is 2.50. The van der Waals surface area contributed by atoms with Gasteiger partial charge in [0.2, 0.25) is 5.91 Å². The molecule has 0 saturated heterocycles. The molecule has 1 aromatic rings. The Labute approximate surface area is 111 Å². The minimum Gasteiger partial charge on any atom is -0.349 e. The van der Waals surface area contributed by atoms with E-state index < -0.39 is 0 Å². The van der Waals surface area contributed by atoms with E-state index in [4.69, 9.17) is 17.3 Å². The van der Waals surface area contributed by atoms with Gasteiger partial charge in [-0.1, -0.05) is 18.5 Å². The van der Waals surface area contributed by atoms with Crippen LogP contribution in [0, 0.1) is 5.92 Å². The molecule has 0 fully saturated rings. The number of nitrogens with one attached hydrogen (secondary N) is 1. The van der Waals surface area contributed by atoms with Crippen LogP contribution in [0.2, 0.25) is 4.34 Å². The van der Waals surface area contributed by atoms with Crippen molar-refractivity contribution in [2.75, 3.05) is 6.54 Å². The lowest BCUT2D eigenvalue weighted by atomic mass is 10.1. The highest BCUT2D eigenvalue weighted by atomic mass is 35.5. The molecular weight excluding hydrogens is 256 g/mol. The molecule has 17 heavy (non-hydrogen) atoms. The lowest BCUT2D eigenvalue weighted by molar-refractivity contribution is -0.122. The van der Waals surface area contributed by atoms with E-state index in [1.165, 1.54) is 11.3 Å². The van der Waals surface area contributed by atoms with Crippen LogP contribution in [0.25, 0.3) is 0 Å². The van der Waals surface area contributed by atoms with Gasteiger partial charge in [-0.3, -0.25) is 4.79 Å². The van der Waals surface area contributed by atoms with Crippen molar-refractivity contribution in [2.45, 2.75) is 32.7 Å². The molecule has 0 aliphatic rings. The molecule has 3 nitrogen and oxygen atoms in total. The van der Waals surface area contributed by atoms with Crippen LogP contribution in [0.3, 0.4) is 0 Å². The van der Waals surface area contributed by atoms with E-state index >= 15 is 0 Å². The molecule has 0 aliphatic carbocycles. The minimum atomic E-state index is 0.0215. The first-order valence-electron chi connectivity index (χ1n) is 5.77. The lowest BCUT2D eigenvalue weighted by Gasteiger charge is -2.13. The number of carbonyl (C=O) groups is 1. The Kier molecular flexibility index (Phi) is 5.95. The van der Waals surface area contributed by atoms with Crippen LogP contribution in [-0.2, 0) is 4.79 Å². The fourth-order valence-electron chi connectivity index (χ4n) is 1.44. The SMILES string of the molecule is CC(CN)CCC(=O)NC(C)c1ccc(Cl)s1. The van der Waals surface area contributed by atoms with Gasteiger partial charge in [-0.05, 0) is 37.9 Å². The molecule has 1 rings (SSSR count). The second kappa shape index (κ2) is 6.99. The van der Waals surface area contributed by atoms with Crippen molar-refractivity contribution < 1.29 is 4.79 Å². The van der Waals surface area contributed by atoms with Gasteiger partial charge in [0.1, 0.15) is 0 Å². The molecule has 0 aromatic carbocycles. The van der Waals surface area contributed by atoms with Crippen LogP contribution in [0.15, 0.2) is 12.1 Å². The second-order valence-corrected chi connectivity index (χ2v) is 6.06. The third kappa shape index (κ3) is 5.06. The molecule has 5 heteroatoms. The van der Waals surface area contributed by atoms with Crippen molar-refractivity contribution in [1.82, 2.24) is 5.32 Å². The van der Waals surface area contributed by atoms with Crippen molar-refractivity contribution >= 4 is 28.8 Å². The predicted molar refractivity (Wildman–Crippen MR) is 73.3 cm³/mol. The van der Waals surface area contributed by atoms with Crippen LogP contribution in [0.1, 0.15) is 37.6 Å². The van der Waals surface area contributed by atoms with Gasteiger partial charge in [-0.15, -0.1) is 11.3 Å². The van der Waals surface area contributed by atoms with Crippen LogP contribution in [0.4, 0.5) is 0 Å². The Hall–Kier alpha value is -0.580. The average molecular weight is 275 g/mol. The van der Waals surface area contributed by atoms with Gasteiger partial charge in [0, 0.05) is 11.3 Å². The Morgan fingerprint density at radius 2 is 2.24 bits per heavy atom. The summed E-state index contributed by atoms with van der Waals surface area (Å²) in [5.41, 5.74) is 5.51. The standard InChI is InChI=1S/C12H19ClN2OS/c1-8(7-14)3-6-12(16)15-9(2)10-4-5-11(13)17-10/h4-5,8-9H,3,6-7,14H2,1-2H3,(H,15,16). The van der Waals surface area contributed by atoms with Crippen molar-refractivity contribution in [3.05, 3.63) is 21.3 Å². The van der Waals surface area contributed by atoms with E-state index in [1.54, 1.807) is 0 Å². The summed E-state index contributed by atoms with van der Waals surface area (Å²) in [6.07, 6.45) is 1.36. The van der Waals surface area contributed by atoms with Crippen molar-refractivity contribution in [2.24, 2.45) is 11.7 Å². The molecular formula is C12H19ClN2OS. The van der Waals surface area contributed by atoms with E-state index in [1.807, 2.05) is 19.1 Å². The molecule has 0 aliphatic heterocycles. The molecule has 0 bridgehead atoms. The normalized spacial score (nSPS) is 14.4. The van der Waals surface area contributed by atoms with Crippen LogP contribution >= 0.6 is 22.9 Å².